The molecule has 266 valence electrons. The number of ether oxygens (including phenoxy) is 1. The quantitative estimate of drug-likeness (QED) is 0.123. The molecule has 0 spiro atoms. The molecule has 0 bridgehead atoms. The Bertz CT molecular complexity index is 1490. The number of esters is 1. The van der Waals surface area contributed by atoms with E-state index in [2.05, 4.69) is 31.7 Å². The molecule has 49 heavy (non-hydrogen) atoms. The van der Waals surface area contributed by atoms with Gasteiger partial charge in [0.25, 0.3) is 5.91 Å². The van der Waals surface area contributed by atoms with Crippen LogP contribution < -0.4 is 26.6 Å². The molecule has 3 rings (SSSR count). The fourth-order valence-corrected chi connectivity index (χ4v) is 5.20. The third-order valence-corrected chi connectivity index (χ3v) is 7.91. The molecule has 2 heterocycles. The van der Waals surface area contributed by atoms with Gasteiger partial charge in [-0.3, -0.25) is 24.0 Å². The molecule has 0 radical (unpaired) electrons. The molecule has 2 aromatic rings. The zero-order valence-corrected chi connectivity index (χ0v) is 28.9. The van der Waals surface area contributed by atoms with Gasteiger partial charge in [-0.05, 0) is 50.5 Å². The highest BCUT2D eigenvalue weighted by atomic mass is 16.5. The van der Waals surface area contributed by atoms with Crippen molar-refractivity contribution >= 4 is 35.5 Å². The molecule has 1 aromatic carbocycles. The Morgan fingerprint density at radius 2 is 1.69 bits per heavy atom. The molecule has 5 amide bonds. The number of nitrogens with one attached hydrogen (secondary N) is 5. The average molecular weight is 681 g/mol. The van der Waals surface area contributed by atoms with Gasteiger partial charge in [-0.15, -0.1) is 0 Å². The van der Waals surface area contributed by atoms with Crippen molar-refractivity contribution in [3.8, 4) is 0 Å². The number of nitrogens with zero attached hydrogens (tertiary/aromatic N) is 1. The summed E-state index contributed by atoms with van der Waals surface area (Å²) in [4.78, 5) is 77.6. The summed E-state index contributed by atoms with van der Waals surface area (Å²) in [7, 11) is 0. The summed E-state index contributed by atoms with van der Waals surface area (Å²) in [5, 5.41) is 17.3. The van der Waals surface area contributed by atoms with Crippen molar-refractivity contribution in [3.63, 3.8) is 0 Å². The minimum Gasteiger partial charge on any atom is -0.458 e. The number of hydrogen-bond donors (Lipinski definition) is 5. The monoisotopic (exact) mass is 680 g/mol. The van der Waals surface area contributed by atoms with E-state index < -0.39 is 53.8 Å². The number of rotatable bonds is 17. The van der Waals surface area contributed by atoms with E-state index in [1.807, 2.05) is 44.2 Å². The number of carbonyl (C=O) groups is 6. The highest BCUT2D eigenvalue weighted by Gasteiger charge is 2.33. The Morgan fingerprint density at radius 3 is 2.29 bits per heavy atom. The fraction of sp³-hybridized carbons (Fsp3) is 0.514. The Morgan fingerprint density at radius 1 is 0.980 bits per heavy atom. The van der Waals surface area contributed by atoms with Gasteiger partial charge >= 0.3 is 5.97 Å². The lowest BCUT2D eigenvalue weighted by Crippen LogP contribution is -2.58. The minimum atomic E-state index is -1.03. The highest BCUT2D eigenvalue weighted by molar-refractivity contribution is 5.97. The Kier molecular flexibility index (Phi) is 14.5. The molecule has 1 aliphatic rings. The van der Waals surface area contributed by atoms with E-state index in [-0.39, 0.29) is 48.8 Å². The molecular formula is C35H48N6O8. The van der Waals surface area contributed by atoms with Gasteiger partial charge in [-0.25, -0.2) is 4.79 Å². The molecule has 1 aliphatic heterocycles. The summed E-state index contributed by atoms with van der Waals surface area (Å²) < 4.78 is 10.2. The van der Waals surface area contributed by atoms with Gasteiger partial charge < -0.3 is 35.8 Å². The normalized spacial score (nSPS) is 16.8. The van der Waals surface area contributed by atoms with Gasteiger partial charge in [-0.2, -0.15) is 0 Å². The van der Waals surface area contributed by atoms with Crippen LogP contribution in [0.2, 0.25) is 0 Å². The van der Waals surface area contributed by atoms with Gasteiger partial charge in [0.15, 0.2) is 5.69 Å². The number of hydrogen-bond acceptors (Lipinski definition) is 9. The topological polar surface area (TPSA) is 198 Å². The van der Waals surface area contributed by atoms with E-state index in [1.165, 1.54) is 25.1 Å². The first-order valence-corrected chi connectivity index (χ1v) is 16.5. The van der Waals surface area contributed by atoms with E-state index in [4.69, 9.17) is 9.26 Å². The Labute approximate surface area is 286 Å². The summed E-state index contributed by atoms with van der Waals surface area (Å²) in [6.07, 6.45) is 3.82. The van der Waals surface area contributed by atoms with Crippen LogP contribution in [-0.2, 0) is 35.3 Å². The summed E-state index contributed by atoms with van der Waals surface area (Å²) in [6, 6.07) is 6.89. The first kappa shape index (κ1) is 38.4. The summed E-state index contributed by atoms with van der Waals surface area (Å²) in [5.74, 6) is -3.35. The summed E-state index contributed by atoms with van der Waals surface area (Å²) in [6.45, 7) is 11.0. The van der Waals surface area contributed by atoms with E-state index in [0.29, 0.717) is 18.7 Å². The fourth-order valence-electron chi connectivity index (χ4n) is 5.20. The standard InChI is InChI=1S/C35H48N6O8/c1-20(2)16-27(39-35(47)30(21(3)4)40-31(43)23(6)37-34(46)28-17-22(5)49-41-28)33(45)38-26(18-25-14-15-36-32(25)44)12-13-29(42)48-19-24-10-8-7-9-11-24/h7-13,17,20-21,23,25-27,30H,14-16,18-19H2,1-6H3,(H,36,44)(H,37,46)(H,38,45)(H,39,47)(H,40,43)/b13-12+/t23-,25+,26+,27-,30-/m0/s1. The van der Waals surface area contributed by atoms with E-state index in [1.54, 1.807) is 20.8 Å². The maximum Gasteiger partial charge on any atom is 0.330 e. The van der Waals surface area contributed by atoms with Crippen molar-refractivity contribution in [2.45, 2.75) is 91.6 Å². The zero-order valence-electron chi connectivity index (χ0n) is 28.9. The Balaban J connectivity index is 1.68. The second-order valence-corrected chi connectivity index (χ2v) is 13.0. The predicted molar refractivity (Wildman–Crippen MR) is 179 cm³/mol. The molecule has 0 saturated carbocycles. The number of aromatic nitrogens is 1. The molecule has 1 fully saturated rings. The van der Waals surface area contributed by atoms with E-state index >= 15 is 0 Å². The van der Waals surface area contributed by atoms with E-state index in [0.717, 1.165) is 5.56 Å². The lowest BCUT2D eigenvalue weighted by molar-refractivity contribution is -0.139. The summed E-state index contributed by atoms with van der Waals surface area (Å²) in [5.41, 5.74) is 0.837. The number of amides is 5. The lowest BCUT2D eigenvalue weighted by Gasteiger charge is -2.28. The number of aryl methyl sites for hydroxylation is 1. The van der Waals surface area contributed by atoms with Gasteiger partial charge in [0, 0.05) is 30.6 Å². The maximum absolute atomic E-state index is 13.7. The molecule has 1 aromatic heterocycles. The number of carbonyl (C=O) groups excluding carboxylic acids is 6. The second-order valence-electron chi connectivity index (χ2n) is 13.0. The molecule has 14 heteroatoms. The highest BCUT2D eigenvalue weighted by Crippen LogP contribution is 2.18. The number of benzene rings is 1. The molecule has 1 saturated heterocycles. The molecule has 0 aliphatic carbocycles. The third-order valence-electron chi connectivity index (χ3n) is 7.91. The molecule has 5 atom stereocenters. The van der Waals surface area contributed by atoms with Gasteiger partial charge in [0.05, 0.1) is 0 Å². The SMILES string of the molecule is Cc1cc(C(=O)N[C@@H](C)C(=O)N[C@H](C(=O)N[C@@H](CC(C)C)C(=O)N[C@H](/C=C/C(=O)OCc2ccccc2)C[C@H]2CCNC2=O)C(C)C)no1. The van der Waals surface area contributed by atoms with Gasteiger partial charge in [0.1, 0.15) is 30.5 Å². The van der Waals surface area contributed by atoms with Crippen molar-refractivity contribution in [1.82, 2.24) is 31.7 Å². The molecule has 14 nitrogen and oxygen atoms in total. The van der Waals surface area contributed by atoms with Crippen molar-refractivity contribution < 1.29 is 38.0 Å². The van der Waals surface area contributed by atoms with Crippen LogP contribution in [0.4, 0.5) is 0 Å². The van der Waals surface area contributed by atoms with Gasteiger partial charge in [0.2, 0.25) is 23.6 Å². The van der Waals surface area contributed by atoms with E-state index in [9.17, 15) is 28.8 Å². The Hall–Kier alpha value is -5.01. The van der Waals surface area contributed by atoms with Gasteiger partial charge in [-0.1, -0.05) is 69.3 Å². The van der Waals surface area contributed by atoms with Crippen LogP contribution in [0, 0.1) is 24.7 Å². The first-order valence-electron chi connectivity index (χ1n) is 16.5. The van der Waals surface area contributed by atoms with Crippen LogP contribution in [0.15, 0.2) is 53.1 Å². The van der Waals surface area contributed by atoms with Crippen LogP contribution >= 0.6 is 0 Å². The largest absolute Gasteiger partial charge is 0.458 e. The lowest BCUT2D eigenvalue weighted by atomic mass is 9.96. The molecule has 0 unspecified atom stereocenters. The van der Waals surface area contributed by atoms with Crippen LogP contribution in [0.25, 0.3) is 0 Å². The first-order chi connectivity index (χ1) is 23.2. The summed E-state index contributed by atoms with van der Waals surface area (Å²) >= 11 is 0. The average Bonchev–Trinajstić information content (AvgIpc) is 3.68. The molecular weight excluding hydrogens is 632 g/mol. The predicted octanol–water partition coefficient (Wildman–Crippen LogP) is 2.08. The van der Waals surface area contributed by atoms with Crippen molar-refractivity contribution in [3.05, 3.63) is 65.6 Å². The smallest absolute Gasteiger partial charge is 0.330 e. The molecule has 5 N–H and O–H groups in total. The van der Waals surface area contributed by atoms with Crippen LogP contribution in [-0.4, -0.2) is 71.4 Å². The second kappa shape index (κ2) is 18.5. The minimum absolute atomic E-state index is 0.00103. The van der Waals surface area contributed by atoms with Crippen molar-refractivity contribution in [1.29, 1.82) is 0 Å². The van der Waals surface area contributed by atoms with Crippen LogP contribution in [0.1, 0.15) is 75.7 Å². The zero-order chi connectivity index (χ0) is 36.1. The van der Waals surface area contributed by atoms with Crippen LogP contribution in [0.5, 0.6) is 0 Å². The van der Waals surface area contributed by atoms with Crippen molar-refractivity contribution in [2.24, 2.45) is 17.8 Å². The van der Waals surface area contributed by atoms with Crippen LogP contribution in [0.3, 0.4) is 0 Å². The van der Waals surface area contributed by atoms with Crippen molar-refractivity contribution in [2.75, 3.05) is 6.54 Å². The maximum atomic E-state index is 13.7. The third kappa shape index (κ3) is 12.5.